The molecular weight excluding hydrogens is 232 g/mol. The van der Waals surface area contributed by atoms with Crippen LogP contribution in [-0.4, -0.2) is 34.1 Å². The van der Waals surface area contributed by atoms with Gasteiger partial charge in [0.05, 0.1) is 0 Å². The van der Waals surface area contributed by atoms with Gasteiger partial charge in [-0.05, 0) is 32.4 Å². The van der Waals surface area contributed by atoms with Gasteiger partial charge in [-0.25, -0.2) is 4.98 Å². The SMILES string of the molecule is CNc1nc(C)cc(NCC2(C)CCCS2)n1. The lowest BCUT2D eigenvalue weighted by atomic mass is 10.1. The van der Waals surface area contributed by atoms with E-state index >= 15 is 0 Å². The van der Waals surface area contributed by atoms with Crippen LogP contribution in [0.25, 0.3) is 0 Å². The molecule has 1 aliphatic heterocycles. The van der Waals surface area contributed by atoms with Crippen LogP contribution in [0.5, 0.6) is 0 Å². The Hall–Kier alpha value is -0.970. The third kappa shape index (κ3) is 3.25. The van der Waals surface area contributed by atoms with Crippen LogP contribution in [0, 0.1) is 6.92 Å². The van der Waals surface area contributed by atoms with Crippen molar-refractivity contribution in [2.24, 2.45) is 0 Å². The normalized spacial score (nSPS) is 23.7. The third-order valence-electron chi connectivity index (χ3n) is 3.02. The maximum Gasteiger partial charge on any atom is 0.224 e. The van der Waals surface area contributed by atoms with Gasteiger partial charge >= 0.3 is 0 Å². The first kappa shape index (κ1) is 12.5. The fourth-order valence-electron chi connectivity index (χ4n) is 2.02. The first-order valence-corrected chi connectivity index (χ1v) is 7.01. The van der Waals surface area contributed by atoms with E-state index in [9.17, 15) is 0 Å². The monoisotopic (exact) mass is 252 g/mol. The molecule has 0 bridgehead atoms. The van der Waals surface area contributed by atoms with Gasteiger partial charge in [-0.15, -0.1) is 0 Å². The van der Waals surface area contributed by atoms with Crippen LogP contribution < -0.4 is 10.6 Å². The molecule has 5 heteroatoms. The highest BCUT2D eigenvalue weighted by atomic mass is 32.2. The maximum absolute atomic E-state index is 4.40. The summed E-state index contributed by atoms with van der Waals surface area (Å²) in [6, 6.07) is 1.99. The molecule has 94 valence electrons. The van der Waals surface area contributed by atoms with Gasteiger partial charge < -0.3 is 10.6 Å². The van der Waals surface area contributed by atoms with Gasteiger partial charge in [-0.2, -0.15) is 16.7 Å². The number of thioether (sulfide) groups is 1. The number of aryl methyl sites for hydroxylation is 1. The van der Waals surface area contributed by atoms with E-state index < -0.39 is 0 Å². The lowest BCUT2D eigenvalue weighted by molar-refractivity contribution is 0.633. The largest absolute Gasteiger partial charge is 0.369 e. The summed E-state index contributed by atoms with van der Waals surface area (Å²) in [6.07, 6.45) is 2.61. The molecule has 1 atom stereocenters. The molecule has 0 radical (unpaired) electrons. The Balaban J connectivity index is 2.00. The fraction of sp³-hybridized carbons (Fsp3) is 0.667. The van der Waals surface area contributed by atoms with Crippen molar-refractivity contribution in [1.82, 2.24) is 9.97 Å². The minimum atomic E-state index is 0.360. The summed E-state index contributed by atoms with van der Waals surface area (Å²) in [5.74, 6) is 2.87. The smallest absolute Gasteiger partial charge is 0.224 e. The lowest BCUT2D eigenvalue weighted by Gasteiger charge is -2.23. The number of aromatic nitrogens is 2. The van der Waals surface area contributed by atoms with E-state index in [1.807, 2.05) is 20.0 Å². The van der Waals surface area contributed by atoms with Gasteiger partial charge in [-0.1, -0.05) is 0 Å². The molecule has 0 aliphatic carbocycles. The molecule has 0 saturated carbocycles. The average Bonchev–Trinajstić information content (AvgIpc) is 2.73. The second-order valence-corrected chi connectivity index (χ2v) is 6.41. The van der Waals surface area contributed by atoms with E-state index in [1.165, 1.54) is 18.6 Å². The van der Waals surface area contributed by atoms with Crippen molar-refractivity contribution >= 4 is 23.5 Å². The molecule has 1 aromatic heterocycles. The number of hydrogen-bond acceptors (Lipinski definition) is 5. The predicted octanol–water partition coefficient (Wildman–Crippen LogP) is 2.52. The molecule has 1 saturated heterocycles. The lowest BCUT2D eigenvalue weighted by Crippen LogP contribution is -2.27. The molecule has 1 fully saturated rings. The van der Waals surface area contributed by atoms with Gasteiger partial charge in [0, 0.05) is 30.1 Å². The highest BCUT2D eigenvalue weighted by Gasteiger charge is 2.29. The van der Waals surface area contributed by atoms with Crippen LogP contribution in [-0.2, 0) is 0 Å². The summed E-state index contributed by atoms with van der Waals surface area (Å²) in [5.41, 5.74) is 0.982. The van der Waals surface area contributed by atoms with E-state index in [2.05, 4.69) is 39.3 Å². The average molecular weight is 252 g/mol. The Kier molecular flexibility index (Phi) is 3.76. The van der Waals surface area contributed by atoms with Crippen molar-refractivity contribution in [2.75, 3.05) is 30.0 Å². The molecule has 2 heterocycles. The van der Waals surface area contributed by atoms with Crippen molar-refractivity contribution < 1.29 is 0 Å². The quantitative estimate of drug-likeness (QED) is 0.862. The molecule has 0 spiro atoms. The van der Waals surface area contributed by atoms with E-state index in [4.69, 9.17) is 0 Å². The van der Waals surface area contributed by atoms with Gasteiger partial charge in [0.1, 0.15) is 5.82 Å². The van der Waals surface area contributed by atoms with Crippen molar-refractivity contribution in [2.45, 2.75) is 31.4 Å². The highest BCUT2D eigenvalue weighted by molar-refractivity contribution is 8.00. The number of nitrogens with one attached hydrogen (secondary N) is 2. The molecule has 2 N–H and O–H groups in total. The zero-order valence-corrected chi connectivity index (χ0v) is 11.5. The van der Waals surface area contributed by atoms with E-state index in [0.29, 0.717) is 10.7 Å². The third-order valence-corrected chi connectivity index (χ3v) is 4.56. The molecule has 1 aromatic rings. The number of nitrogens with zero attached hydrogens (tertiary/aromatic N) is 2. The summed E-state index contributed by atoms with van der Waals surface area (Å²) >= 11 is 2.06. The first-order valence-electron chi connectivity index (χ1n) is 6.03. The van der Waals surface area contributed by atoms with Crippen molar-refractivity contribution in [1.29, 1.82) is 0 Å². The van der Waals surface area contributed by atoms with E-state index in [-0.39, 0.29) is 0 Å². The molecule has 2 rings (SSSR count). The summed E-state index contributed by atoms with van der Waals surface area (Å²) in [7, 11) is 1.84. The van der Waals surface area contributed by atoms with Gasteiger partial charge in [-0.3, -0.25) is 0 Å². The molecular formula is C12H20N4S. The van der Waals surface area contributed by atoms with E-state index in [0.717, 1.165) is 18.1 Å². The minimum Gasteiger partial charge on any atom is -0.369 e. The van der Waals surface area contributed by atoms with Crippen molar-refractivity contribution in [3.05, 3.63) is 11.8 Å². The van der Waals surface area contributed by atoms with Crippen LogP contribution in [0.1, 0.15) is 25.5 Å². The molecule has 1 aliphatic rings. The number of hydrogen-bond donors (Lipinski definition) is 2. The predicted molar refractivity (Wildman–Crippen MR) is 74.9 cm³/mol. The number of rotatable bonds is 4. The Bertz CT molecular complexity index is 388. The summed E-state index contributed by atoms with van der Waals surface area (Å²) < 4.78 is 0.360. The van der Waals surface area contributed by atoms with E-state index in [1.54, 1.807) is 0 Å². The fourth-order valence-corrected chi connectivity index (χ4v) is 3.27. The van der Waals surface area contributed by atoms with Crippen molar-refractivity contribution in [3.63, 3.8) is 0 Å². The Labute approximate surface area is 107 Å². The van der Waals surface area contributed by atoms with Crippen LogP contribution in [0.15, 0.2) is 6.07 Å². The van der Waals surface area contributed by atoms with Crippen LogP contribution in [0.4, 0.5) is 11.8 Å². The standard InChI is InChI=1S/C12H20N4S/c1-9-7-10(16-11(13-3)15-9)14-8-12(2)5-4-6-17-12/h7H,4-6,8H2,1-3H3,(H2,13,14,15,16). The highest BCUT2D eigenvalue weighted by Crippen LogP contribution is 2.37. The summed E-state index contributed by atoms with van der Waals surface area (Å²) in [4.78, 5) is 8.68. The minimum absolute atomic E-state index is 0.360. The van der Waals surface area contributed by atoms with Crippen molar-refractivity contribution in [3.8, 4) is 0 Å². The first-order chi connectivity index (χ1) is 8.11. The Morgan fingerprint density at radius 2 is 2.29 bits per heavy atom. The van der Waals surface area contributed by atoms with Gasteiger partial charge in [0.2, 0.25) is 5.95 Å². The summed E-state index contributed by atoms with van der Waals surface area (Å²) in [6.45, 7) is 5.28. The second kappa shape index (κ2) is 5.12. The molecule has 1 unspecified atom stereocenters. The molecule has 17 heavy (non-hydrogen) atoms. The Morgan fingerprint density at radius 1 is 1.47 bits per heavy atom. The zero-order valence-electron chi connectivity index (χ0n) is 10.7. The van der Waals surface area contributed by atoms with Crippen LogP contribution in [0.3, 0.4) is 0 Å². The van der Waals surface area contributed by atoms with Gasteiger partial charge in [0.25, 0.3) is 0 Å². The summed E-state index contributed by atoms with van der Waals surface area (Å²) in [5, 5.41) is 6.41. The molecule has 4 nitrogen and oxygen atoms in total. The topological polar surface area (TPSA) is 49.8 Å². The second-order valence-electron chi connectivity index (χ2n) is 4.72. The van der Waals surface area contributed by atoms with Gasteiger partial charge in [0.15, 0.2) is 0 Å². The molecule has 0 aromatic carbocycles. The maximum atomic E-state index is 4.40. The van der Waals surface area contributed by atoms with Crippen LogP contribution in [0.2, 0.25) is 0 Å². The number of anilines is 2. The Morgan fingerprint density at radius 3 is 2.94 bits per heavy atom. The molecule has 0 amide bonds. The van der Waals surface area contributed by atoms with Crippen LogP contribution >= 0.6 is 11.8 Å². The zero-order chi connectivity index (χ0) is 12.3.